The summed E-state index contributed by atoms with van der Waals surface area (Å²) in [7, 11) is 0. The SMILES string of the molecule is C[C@@H](NC(=O)CN1CCCC[C@@H]1C)c1cccs1. The fourth-order valence-corrected chi connectivity index (χ4v) is 3.21. The van der Waals surface area contributed by atoms with Crippen LogP contribution in [-0.4, -0.2) is 29.9 Å². The summed E-state index contributed by atoms with van der Waals surface area (Å²) in [5.41, 5.74) is 0. The molecule has 18 heavy (non-hydrogen) atoms. The van der Waals surface area contributed by atoms with Gasteiger partial charge in [0.15, 0.2) is 0 Å². The second-order valence-electron chi connectivity index (χ2n) is 5.12. The number of hydrogen-bond donors (Lipinski definition) is 1. The highest BCUT2D eigenvalue weighted by Gasteiger charge is 2.21. The number of carbonyl (C=O) groups excluding carboxylic acids is 1. The Morgan fingerprint density at radius 3 is 3.11 bits per heavy atom. The number of amides is 1. The molecule has 2 atom stereocenters. The number of rotatable bonds is 4. The molecule has 1 saturated heterocycles. The molecule has 1 aromatic rings. The van der Waals surface area contributed by atoms with Gasteiger partial charge in [0.25, 0.3) is 0 Å². The predicted octanol–water partition coefficient (Wildman–Crippen LogP) is 2.80. The maximum Gasteiger partial charge on any atom is 0.234 e. The van der Waals surface area contributed by atoms with Crippen LogP contribution in [-0.2, 0) is 4.79 Å². The molecule has 1 aliphatic rings. The summed E-state index contributed by atoms with van der Waals surface area (Å²) in [4.78, 5) is 15.5. The Morgan fingerprint density at radius 1 is 1.61 bits per heavy atom. The zero-order chi connectivity index (χ0) is 13.0. The Hall–Kier alpha value is -0.870. The van der Waals surface area contributed by atoms with E-state index in [1.807, 2.05) is 18.4 Å². The lowest BCUT2D eigenvalue weighted by molar-refractivity contribution is -0.123. The van der Waals surface area contributed by atoms with Crippen LogP contribution in [0.5, 0.6) is 0 Å². The van der Waals surface area contributed by atoms with Crippen molar-refractivity contribution in [3.63, 3.8) is 0 Å². The molecule has 1 aromatic heterocycles. The molecule has 1 aliphatic heterocycles. The summed E-state index contributed by atoms with van der Waals surface area (Å²) >= 11 is 1.69. The quantitative estimate of drug-likeness (QED) is 0.909. The van der Waals surface area contributed by atoms with Crippen LogP contribution in [0.15, 0.2) is 17.5 Å². The highest BCUT2D eigenvalue weighted by Crippen LogP contribution is 2.19. The minimum Gasteiger partial charge on any atom is -0.348 e. The van der Waals surface area contributed by atoms with E-state index in [4.69, 9.17) is 0 Å². The lowest BCUT2D eigenvalue weighted by Crippen LogP contribution is -2.44. The third-order valence-corrected chi connectivity index (χ3v) is 4.69. The van der Waals surface area contributed by atoms with Gasteiger partial charge >= 0.3 is 0 Å². The first-order chi connectivity index (χ1) is 8.66. The molecule has 0 aromatic carbocycles. The first kappa shape index (κ1) is 13.6. The molecule has 3 nitrogen and oxygen atoms in total. The molecule has 1 N–H and O–H groups in total. The number of piperidine rings is 1. The van der Waals surface area contributed by atoms with Crippen molar-refractivity contribution in [3.8, 4) is 0 Å². The van der Waals surface area contributed by atoms with E-state index in [9.17, 15) is 4.79 Å². The molecule has 0 unspecified atom stereocenters. The molecule has 2 rings (SSSR count). The Kier molecular flexibility index (Phi) is 4.78. The zero-order valence-electron chi connectivity index (χ0n) is 11.2. The van der Waals surface area contributed by atoms with Gasteiger partial charge in [-0.2, -0.15) is 0 Å². The van der Waals surface area contributed by atoms with Crippen LogP contribution in [0.3, 0.4) is 0 Å². The van der Waals surface area contributed by atoms with Gasteiger partial charge in [-0.05, 0) is 44.7 Å². The lowest BCUT2D eigenvalue weighted by atomic mass is 10.0. The van der Waals surface area contributed by atoms with Gasteiger partial charge in [-0.1, -0.05) is 12.5 Å². The van der Waals surface area contributed by atoms with Crippen LogP contribution in [0.25, 0.3) is 0 Å². The van der Waals surface area contributed by atoms with E-state index >= 15 is 0 Å². The molecule has 1 fully saturated rings. The number of hydrogen-bond acceptors (Lipinski definition) is 3. The number of carbonyl (C=O) groups is 1. The maximum absolute atomic E-state index is 12.0. The zero-order valence-corrected chi connectivity index (χ0v) is 12.0. The Labute approximate surface area is 113 Å². The molecular formula is C14H22N2OS. The van der Waals surface area contributed by atoms with Gasteiger partial charge in [0, 0.05) is 10.9 Å². The van der Waals surface area contributed by atoms with Crippen LogP contribution < -0.4 is 5.32 Å². The summed E-state index contributed by atoms with van der Waals surface area (Å²) in [6.07, 6.45) is 3.73. The first-order valence-corrected chi connectivity index (χ1v) is 7.61. The topological polar surface area (TPSA) is 32.3 Å². The Balaban J connectivity index is 1.81. The number of nitrogens with one attached hydrogen (secondary N) is 1. The molecule has 4 heteroatoms. The van der Waals surface area contributed by atoms with Crippen molar-refractivity contribution in [1.82, 2.24) is 10.2 Å². The maximum atomic E-state index is 12.0. The number of nitrogens with zero attached hydrogens (tertiary/aromatic N) is 1. The standard InChI is InChI=1S/C14H22N2OS/c1-11-6-3-4-8-16(11)10-14(17)15-12(2)13-7-5-9-18-13/h5,7,9,11-12H,3-4,6,8,10H2,1-2H3,(H,15,17)/t11-,12+/m0/s1. The van der Waals surface area contributed by atoms with Crippen molar-refractivity contribution in [2.45, 2.75) is 45.2 Å². The van der Waals surface area contributed by atoms with E-state index in [0.29, 0.717) is 12.6 Å². The van der Waals surface area contributed by atoms with Crippen LogP contribution in [0.1, 0.15) is 44.0 Å². The van der Waals surface area contributed by atoms with Crippen molar-refractivity contribution in [2.24, 2.45) is 0 Å². The normalized spacial score (nSPS) is 22.7. The van der Waals surface area contributed by atoms with E-state index in [1.165, 1.54) is 24.1 Å². The van der Waals surface area contributed by atoms with Gasteiger partial charge in [0.2, 0.25) is 5.91 Å². The lowest BCUT2D eigenvalue weighted by Gasteiger charge is -2.32. The third kappa shape index (κ3) is 3.56. The molecule has 0 radical (unpaired) electrons. The van der Waals surface area contributed by atoms with Crippen molar-refractivity contribution in [2.75, 3.05) is 13.1 Å². The molecule has 0 bridgehead atoms. The summed E-state index contributed by atoms with van der Waals surface area (Å²) in [5, 5.41) is 5.13. The molecule has 0 saturated carbocycles. The summed E-state index contributed by atoms with van der Waals surface area (Å²) in [5.74, 6) is 0.143. The summed E-state index contributed by atoms with van der Waals surface area (Å²) < 4.78 is 0. The van der Waals surface area contributed by atoms with Gasteiger partial charge < -0.3 is 5.32 Å². The largest absolute Gasteiger partial charge is 0.348 e. The molecular weight excluding hydrogens is 244 g/mol. The number of likely N-dealkylation sites (tertiary alicyclic amines) is 1. The smallest absolute Gasteiger partial charge is 0.234 e. The second kappa shape index (κ2) is 6.34. The van der Waals surface area contributed by atoms with Gasteiger partial charge in [-0.15, -0.1) is 11.3 Å². The molecule has 2 heterocycles. The van der Waals surface area contributed by atoms with Crippen molar-refractivity contribution < 1.29 is 4.79 Å². The Morgan fingerprint density at radius 2 is 2.44 bits per heavy atom. The minimum absolute atomic E-state index is 0.123. The van der Waals surface area contributed by atoms with Crippen LogP contribution >= 0.6 is 11.3 Å². The Bertz CT molecular complexity index is 377. The third-order valence-electron chi connectivity index (χ3n) is 3.63. The number of thiophene rings is 1. The molecule has 1 amide bonds. The highest BCUT2D eigenvalue weighted by atomic mass is 32.1. The van der Waals surface area contributed by atoms with Gasteiger partial charge in [0.1, 0.15) is 0 Å². The van der Waals surface area contributed by atoms with Gasteiger partial charge in [-0.3, -0.25) is 9.69 Å². The highest BCUT2D eigenvalue weighted by molar-refractivity contribution is 7.10. The summed E-state index contributed by atoms with van der Waals surface area (Å²) in [6.45, 7) is 5.86. The predicted molar refractivity (Wildman–Crippen MR) is 75.8 cm³/mol. The van der Waals surface area contributed by atoms with Crippen LogP contribution in [0, 0.1) is 0 Å². The fourth-order valence-electron chi connectivity index (χ4n) is 2.47. The van der Waals surface area contributed by atoms with E-state index in [1.54, 1.807) is 11.3 Å². The van der Waals surface area contributed by atoms with Gasteiger partial charge in [-0.25, -0.2) is 0 Å². The molecule has 0 aliphatic carbocycles. The van der Waals surface area contributed by atoms with E-state index in [-0.39, 0.29) is 11.9 Å². The van der Waals surface area contributed by atoms with Gasteiger partial charge in [0.05, 0.1) is 12.6 Å². The van der Waals surface area contributed by atoms with E-state index in [0.717, 1.165) is 6.54 Å². The second-order valence-corrected chi connectivity index (χ2v) is 6.10. The van der Waals surface area contributed by atoms with Crippen LogP contribution in [0.4, 0.5) is 0 Å². The first-order valence-electron chi connectivity index (χ1n) is 6.73. The average Bonchev–Trinajstić information content (AvgIpc) is 2.85. The monoisotopic (exact) mass is 266 g/mol. The molecule has 0 spiro atoms. The van der Waals surface area contributed by atoms with E-state index in [2.05, 4.69) is 23.2 Å². The van der Waals surface area contributed by atoms with Crippen molar-refractivity contribution in [3.05, 3.63) is 22.4 Å². The van der Waals surface area contributed by atoms with E-state index < -0.39 is 0 Å². The fraction of sp³-hybridized carbons (Fsp3) is 0.643. The minimum atomic E-state index is 0.123. The van der Waals surface area contributed by atoms with Crippen molar-refractivity contribution in [1.29, 1.82) is 0 Å². The average molecular weight is 266 g/mol. The summed E-state index contributed by atoms with van der Waals surface area (Å²) in [6, 6.07) is 4.76. The van der Waals surface area contributed by atoms with Crippen molar-refractivity contribution >= 4 is 17.2 Å². The van der Waals surface area contributed by atoms with Crippen LogP contribution in [0.2, 0.25) is 0 Å². The molecule has 100 valence electrons.